The summed E-state index contributed by atoms with van der Waals surface area (Å²) in [5, 5.41) is 8.60. The zero-order valence-electron chi connectivity index (χ0n) is 11.1. The quantitative estimate of drug-likeness (QED) is 0.603. The third-order valence-corrected chi connectivity index (χ3v) is 3.03. The van der Waals surface area contributed by atoms with Crippen LogP contribution in [0.5, 0.6) is 5.75 Å². The van der Waals surface area contributed by atoms with Crippen molar-refractivity contribution in [1.29, 1.82) is 0 Å². The predicted molar refractivity (Wildman–Crippen MR) is 74.1 cm³/mol. The molecule has 0 bridgehead atoms. The molecule has 1 saturated carbocycles. The monoisotopic (exact) mass is 260 g/mol. The van der Waals surface area contributed by atoms with Gasteiger partial charge in [0.05, 0.1) is 6.61 Å². The van der Waals surface area contributed by atoms with E-state index in [9.17, 15) is 0 Å². The first-order valence-corrected chi connectivity index (χ1v) is 6.79. The van der Waals surface area contributed by atoms with Gasteiger partial charge in [-0.25, -0.2) is 0 Å². The normalized spacial score (nSPS) is 13.7. The molecule has 102 valence electrons. The number of aliphatic hydroxyl groups is 1. The van der Waals surface area contributed by atoms with Crippen molar-refractivity contribution in [3.05, 3.63) is 29.8 Å². The fourth-order valence-corrected chi connectivity index (χ4v) is 1.75. The highest BCUT2D eigenvalue weighted by atomic mass is 16.5. The maximum Gasteiger partial charge on any atom is 0.119 e. The number of ether oxygens (including phenoxy) is 2. The highest BCUT2D eigenvalue weighted by Crippen LogP contribution is 2.31. The lowest BCUT2D eigenvalue weighted by atomic mass is 10.2. The Hall–Kier alpha value is -1.50. The molecule has 0 aliphatic heterocycles. The van der Waals surface area contributed by atoms with E-state index in [-0.39, 0.29) is 6.61 Å². The van der Waals surface area contributed by atoms with Gasteiger partial charge in [-0.15, -0.1) is 0 Å². The molecule has 2 rings (SSSR count). The first-order valence-electron chi connectivity index (χ1n) is 6.79. The molecule has 0 aromatic heterocycles. The van der Waals surface area contributed by atoms with E-state index in [0.29, 0.717) is 13.2 Å². The van der Waals surface area contributed by atoms with Gasteiger partial charge in [0.1, 0.15) is 19.0 Å². The molecular formula is C16H20O3. The Labute approximate surface area is 114 Å². The summed E-state index contributed by atoms with van der Waals surface area (Å²) in [4.78, 5) is 0. The van der Waals surface area contributed by atoms with Crippen molar-refractivity contribution in [1.82, 2.24) is 0 Å². The smallest absolute Gasteiger partial charge is 0.119 e. The maximum absolute atomic E-state index is 8.60. The highest BCUT2D eigenvalue weighted by Gasteiger charge is 2.20. The Balaban J connectivity index is 1.59. The van der Waals surface area contributed by atoms with Crippen LogP contribution in [0.15, 0.2) is 24.3 Å². The Morgan fingerprint density at radius 3 is 2.58 bits per heavy atom. The summed E-state index contributed by atoms with van der Waals surface area (Å²) in [5.74, 6) is 7.20. The Morgan fingerprint density at radius 2 is 1.89 bits per heavy atom. The van der Waals surface area contributed by atoms with E-state index in [1.807, 2.05) is 24.3 Å². The van der Waals surface area contributed by atoms with E-state index >= 15 is 0 Å². The summed E-state index contributed by atoms with van der Waals surface area (Å²) in [6.07, 6.45) is 3.95. The van der Waals surface area contributed by atoms with Gasteiger partial charge in [-0.05, 0) is 36.6 Å². The number of rotatable bonds is 7. The van der Waals surface area contributed by atoms with Gasteiger partial charge < -0.3 is 14.6 Å². The van der Waals surface area contributed by atoms with Crippen LogP contribution in [0.1, 0.15) is 24.8 Å². The Bertz CT molecular complexity index is 424. The molecule has 0 saturated heterocycles. The lowest BCUT2D eigenvalue weighted by molar-refractivity contribution is 0.0958. The zero-order chi connectivity index (χ0) is 13.3. The Kier molecular flexibility index (Phi) is 5.74. The standard InChI is InChI=1S/C16H20O3/c17-10-1-2-14-5-7-16(8-6-14)19-13-12-18-11-9-15-3-4-15/h5-8,15,17H,3-4,9-13H2. The molecule has 0 spiro atoms. The summed E-state index contributed by atoms with van der Waals surface area (Å²) in [5.41, 5.74) is 0.877. The summed E-state index contributed by atoms with van der Waals surface area (Å²) >= 11 is 0. The van der Waals surface area contributed by atoms with E-state index in [4.69, 9.17) is 14.6 Å². The number of hydrogen-bond acceptors (Lipinski definition) is 3. The fraction of sp³-hybridized carbons (Fsp3) is 0.500. The molecular weight excluding hydrogens is 240 g/mol. The summed E-state index contributed by atoms with van der Waals surface area (Å²) < 4.78 is 11.1. The zero-order valence-corrected chi connectivity index (χ0v) is 11.1. The molecule has 19 heavy (non-hydrogen) atoms. The molecule has 3 nitrogen and oxygen atoms in total. The van der Waals surface area contributed by atoms with E-state index in [1.165, 1.54) is 19.3 Å². The average molecular weight is 260 g/mol. The second-order valence-electron chi connectivity index (χ2n) is 4.68. The molecule has 1 aliphatic rings. The third-order valence-electron chi connectivity index (χ3n) is 3.03. The SMILES string of the molecule is OCC#Cc1ccc(OCCOCCC2CC2)cc1. The molecule has 0 atom stereocenters. The van der Waals surface area contributed by atoms with Crippen molar-refractivity contribution >= 4 is 0 Å². The van der Waals surface area contributed by atoms with Gasteiger partial charge >= 0.3 is 0 Å². The van der Waals surface area contributed by atoms with Gasteiger partial charge in [-0.2, -0.15) is 0 Å². The highest BCUT2D eigenvalue weighted by molar-refractivity contribution is 5.38. The summed E-state index contributed by atoms with van der Waals surface area (Å²) in [6.45, 7) is 1.95. The lowest BCUT2D eigenvalue weighted by Gasteiger charge is -2.07. The predicted octanol–water partition coefficient (Wildman–Crippen LogP) is 2.23. The molecule has 0 unspecified atom stereocenters. The van der Waals surface area contributed by atoms with Crippen LogP contribution in [-0.2, 0) is 4.74 Å². The fourth-order valence-electron chi connectivity index (χ4n) is 1.75. The molecule has 0 radical (unpaired) electrons. The molecule has 0 amide bonds. The lowest BCUT2D eigenvalue weighted by Crippen LogP contribution is -2.07. The van der Waals surface area contributed by atoms with Gasteiger partial charge in [0.2, 0.25) is 0 Å². The van der Waals surface area contributed by atoms with Crippen molar-refractivity contribution in [3.63, 3.8) is 0 Å². The van der Waals surface area contributed by atoms with Crippen LogP contribution in [0.3, 0.4) is 0 Å². The van der Waals surface area contributed by atoms with Crippen molar-refractivity contribution in [2.75, 3.05) is 26.4 Å². The number of benzene rings is 1. The minimum atomic E-state index is -0.115. The average Bonchev–Trinajstić information content (AvgIpc) is 3.26. The van der Waals surface area contributed by atoms with E-state index in [2.05, 4.69) is 11.8 Å². The number of hydrogen-bond donors (Lipinski definition) is 1. The van der Waals surface area contributed by atoms with Crippen molar-refractivity contribution in [2.45, 2.75) is 19.3 Å². The van der Waals surface area contributed by atoms with Crippen molar-refractivity contribution in [3.8, 4) is 17.6 Å². The molecule has 3 heteroatoms. The van der Waals surface area contributed by atoms with Gasteiger partial charge in [0.15, 0.2) is 0 Å². The van der Waals surface area contributed by atoms with Gasteiger partial charge in [0.25, 0.3) is 0 Å². The Morgan fingerprint density at radius 1 is 1.11 bits per heavy atom. The van der Waals surface area contributed by atoms with Gasteiger partial charge in [-0.3, -0.25) is 0 Å². The van der Waals surface area contributed by atoms with E-state index in [1.54, 1.807) is 0 Å². The molecule has 0 heterocycles. The van der Waals surface area contributed by atoms with E-state index in [0.717, 1.165) is 23.8 Å². The molecule has 1 aliphatic carbocycles. The van der Waals surface area contributed by atoms with Crippen LogP contribution in [-0.4, -0.2) is 31.5 Å². The first-order chi connectivity index (χ1) is 9.38. The largest absolute Gasteiger partial charge is 0.491 e. The minimum absolute atomic E-state index is 0.115. The molecule has 1 fully saturated rings. The second kappa shape index (κ2) is 7.83. The maximum atomic E-state index is 8.60. The summed E-state index contributed by atoms with van der Waals surface area (Å²) in [7, 11) is 0. The van der Waals surface area contributed by atoms with Crippen LogP contribution in [0.25, 0.3) is 0 Å². The van der Waals surface area contributed by atoms with Crippen LogP contribution in [0, 0.1) is 17.8 Å². The molecule has 1 aromatic rings. The third kappa shape index (κ3) is 5.78. The van der Waals surface area contributed by atoms with Gasteiger partial charge in [-0.1, -0.05) is 24.7 Å². The van der Waals surface area contributed by atoms with Crippen molar-refractivity contribution < 1.29 is 14.6 Å². The second-order valence-corrected chi connectivity index (χ2v) is 4.68. The first kappa shape index (κ1) is 13.9. The van der Waals surface area contributed by atoms with E-state index < -0.39 is 0 Å². The topological polar surface area (TPSA) is 38.7 Å². The van der Waals surface area contributed by atoms with Crippen molar-refractivity contribution in [2.24, 2.45) is 5.92 Å². The van der Waals surface area contributed by atoms with Crippen LogP contribution in [0.2, 0.25) is 0 Å². The van der Waals surface area contributed by atoms with Crippen LogP contribution < -0.4 is 4.74 Å². The minimum Gasteiger partial charge on any atom is -0.491 e. The van der Waals surface area contributed by atoms with Gasteiger partial charge in [0, 0.05) is 12.2 Å². The summed E-state index contributed by atoms with van der Waals surface area (Å²) in [6, 6.07) is 7.52. The van der Waals surface area contributed by atoms with Crippen LogP contribution >= 0.6 is 0 Å². The molecule has 1 aromatic carbocycles. The molecule has 1 N–H and O–H groups in total. The number of aliphatic hydroxyl groups excluding tert-OH is 1. The van der Waals surface area contributed by atoms with Crippen LogP contribution in [0.4, 0.5) is 0 Å².